The molecule has 0 unspecified atom stereocenters. The standard InChI is InChI=1S/C8H10NO4P/c9-8(10)5-6-3-1-2-4-7(6)14(11,12)13/h1-4H,5H2,(H2,9,10)(H2,11,12,13). The van der Waals surface area contributed by atoms with Gasteiger partial charge in [-0.05, 0) is 11.6 Å². The zero-order chi connectivity index (χ0) is 10.8. The Kier molecular flexibility index (Phi) is 3.06. The molecule has 0 aliphatic carbocycles. The van der Waals surface area contributed by atoms with Crippen molar-refractivity contribution in [3.63, 3.8) is 0 Å². The van der Waals surface area contributed by atoms with Gasteiger partial charge in [-0.15, -0.1) is 0 Å². The first-order chi connectivity index (χ1) is 6.41. The van der Waals surface area contributed by atoms with Crippen molar-refractivity contribution in [3.05, 3.63) is 29.8 Å². The van der Waals surface area contributed by atoms with Crippen LogP contribution in [0.5, 0.6) is 0 Å². The smallest absolute Gasteiger partial charge is 0.356 e. The predicted octanol–water partition coefficient (Wildman–Crippen LogP) is -0.483. The highest BCUT2D eigenvalue weighted by Crippen LogP contribution is 2.34. The Morgan fingerprint density at radius 3 is 2.43 bits per heavy atom. The van der Waals surface area contributed by atoms with Crippen molar-refractivity contribution in [3.8, 4) is 0 Å². The van der Waals surface area contributed by atoms with Crippen molar-refractivity contribution in [2.45, 2.75) is 6.42 Å². The minimum absolute atomic E-state index is 0.140. The molecule has 1 aromatic rings. The van der Waals surface area contributed by atoms with Gasteiger partial charge in [0, 0.05) is 0 Å². The fourth-order valence-corrected chi connectivity index (χ4v) is 1.94. The van der Waals surface area contributed by atoms with Crippen molar-refractivity contribution in [1.82, 2.24) is 0 Å². The van der Waals surface area contributed by atoms with Crippen LogP contribution in [-0.2, 0) is 15.8 Å². The summed E-state index contributed by atoms with van der Waals surface area (Å²) < 4.78 is 11.0. The van der Waals surface area contributed by atoms with Crippen LogP contribution in [-0.4, -0.2) is 15.7 Å². The van der Waals surface area contributed by atoms with Crippen molar-refractivity contribution in [2.75, 3.05) is 0 Å². The molecule has 0 radical (unpaired) electrons. The van der Waals surface area contributed by atoms with Gasteiger partial charge in [0.25, 0.3) is 0 Å². The van der Waals surface area contributed by atoms with Gasteiger partial charge in [-0.2, -0.15) is 0 Å². The zero-order valence-electron chi connectivity index (χ0n) is 7.25. The molecule has 0 bridgehead atoms. The predicted molar refractivity (Wildman–Crippen MR) is 51.0 cm³/mol. The lowest BCUT2D eigenvalue weighted by molar-refractivity contribution is -0.117. The molecular weight excluding hydrogens is 205 g/mol. The van der Waals surface area contributed by atoms with Gasteiger partial charge >= 0.3 is 7.60 Å². The van der Waals surface area contributed by atoms with E-state index in [2.05, 4.69) is 0 Å². The largest absolute Gasteiger partial charge is 0.369 e. The number of hydrogen-bond acceptors (Lipinski definition) is 2. The normalized spacial score (nSPS) is 11.3. The third-order valence-electron chi connectivity index (χ3n) is 1.67. The lowest BCUT2D eigenvalue weighted by Gasteiger charge is -2.08. The van der Waals surface area contributed by atoms with Gasteiger partial charge < -0.3 is 15.5 Å². The molecule has 0 atom stereocenters. The van der Waals surface area contributed by atoms with Crippen LogP contribution in [0.2, 0.25) is 0 Å². The highest BCUT2D eigenvalue weighted by atomic mass is 31.2. The Hall–Kier alpha value is -1.16. The minimum atomic E-state index is -4.32. The van der Waals surface area contributed by atoms with E-state index in [0.717, 1.165) is 0 Å². The summed E-state index contributed by atoms with van der Waals surface area (Å²) in [5.74, 6) is -0.620. The van der Waals surface area contributed by atoms with Crippen molar-refractivity contribution in [1.29, 1.82) is 0 Å². The molecule has 5 nitrogen and oxygen atoms in total. The molecule has 1 aromatic carbocycles. The van der Waals surface area contributed by atoms with Crippen molar-refractivity contribution in [2.24, 2.45) is 5.73 Å². The molecule has 0 fully saturated rings. The Morgan fingerprint density at radius 1 is 1.36 bits per heavy atom. The number of rotatable bonds is 3. The summed E-state index contributed by atoms with van der Waals surface area (Å²) in [5, 5.41) is -0.140. The van der Waals surface area contributed by atoms with Crippen LogP contribution in [0.15, 0.2) is 24.3 Å². The summed E-state index contributed by atoms with van der Waals surface area (Å²) >= 11 is 0. The average molecular weight is 215 g/mol. The molecule has 6 heteroatoms. The lowest BCUT2D eigenvalue weighted by Crippen LogP contribution is -2.19. The van der Waals surface area contributed by atoms with E-state index in [0.29, 0.717) is 0 Å². The number of carbonyl (C=O) groups excluding carboxylic acids is 1. The number of hydrogen-bond donors (Lipinski definition) is 3. The first-order valence-electron chi connectivity index (χ1n) is 3.83. The second-order valence-corrected chi connectivity index (χ2v) is 4.39. The second kappa shape index (κ2) is 3.92. The van der Waals surface area contributed by atoms with Crippen molar-refractivity contribution >= 4 is 18.8 Å². The highest BCUT2D eigenvalue weighted by molar-refractivity contribution is 7.60. The Morgan fingerprint density at radius 2 is 1.93 bits per heavy atom. The third kappa shape index (κ3) is 2.67. The van der Waals surface area contributed by atoms with E-state index in [9.17, 15) is 9.36 Å². The number of benzene rings is 1. The van der Waals surface area contributed by atoms with Crippen LogP contribution in [0.4, 0.5) is 0 Å². The minimum Gasteiger partial charge on any atom is -0.369 e. The van der Waals surface area contributed by atoms with Gasteiger partial charge in [-0.25, -0.2) is 0 Å². The first-order valence-corrected chi connectivity index (χ1v) is 5.45. The van der Waals surface area contributed by atoms with Gasteiger partial charge in [0.05, 0.1) is 11.7 Å². The van der Waals surface area contributed by atoms with E-state index < -0.39 is 13.5 Å². The Labute approximate surface area is 80.7 Å². The maximum Gasteiger partial charge on any atom is 0.356 e. The number of nitrogens with two attached hydrogens (primary N) is 1. The lowest BCUT2D eigenvalue weighted by atomic mass is 10.1. The Bertz CT molecular complexity index is 398. The molecule has 4 N–H and O–H groups in total. The van der Waals surface area contributed by atoms with E-state index in [1.54, 1.807) is 6.07 Å². The van der Waals surface area contributed by atoms with Crippen LogP contribution in [0.1, 0.15) is 5.56 Å². The molecule has 0 heterocycles. The van der Waals surface area contributed by atoms with Gasteiger partial charge in [0.15, 0.2) is 0 Å². The van der Waals surface area contributed by atoms with Crippen LogP contribution in [0, 0.1) is 0 Å². The third-order valence-corrected chi connectivity index (χ3v) is 2.73. The van der Waals surface area contributed by atoms with E-state index in [4.69, 9.17) is 15.5 Å². The topological polar surface area (TPSA) is 101 Å². The van der Waals surface area contributed by atoms with Crippen LogP contribution in [0.3, 0.4) is 0 Å². The van der Waals surface area contributed by atoms with Crippen LogP contribution in [0.25, 0.3) is 0 Å². The van der Waals surface area contributed by atoms with Gasteiger partial charge in [0.1, 0.15) is 0 Å². The van der Waals surface area contributed by atoms with E-state index in [-0.39, 0.29) is 17.3 Å². The quantitative estimate of drug-likeness (QED) is 0.592. The summed E-state index contributed by atoms with van der Waals surface area (Å²) in [7, 11) is -4.32. The molecular formula is C8H10NO4P. The van der Waals surface area contributed by atoms with E-state index in [1.165, 1.54) is 18.2 Å². The molecule has 14 heavy (non-hydrogen) atoms. The van der Waals surface area contributed by atoms with Gasteiger partial charge in [-0.3, -0.25) is 9.36 Å². The molecule has 0 aliphatic rings. The number of primary amides is 1. The maximum absolute atomic E-state index is 11.0. The molecule has 0 saturated heterocycles. The summed E-state index contributed by atoms with van der Waals surface area (Å²) in [6.45, 7) is 0. The van der Waals surface area contributed by atoms with Gasteiger partial charge in [-0.1, -0.05) is 18.2 Å². The van der Waals surface area contributed by atoms with Crippen LogP contribution >= 0.6 is 7.60 Å². The molecule has 0 saturated carbocycles. The summed E-state index contributed by atoms with van der Waals surface area (Å²) in [4.78, 5) is 28.5. The number of amides is 1. The summed E-state index contributed by atoms with van der Waals surface area (Å²) in [5.41, 5.74) is 5.22. The highest BCUT2D eigenvalue weighted by Gasteiger charge is 2.21. The SMILES string of the molecule is NC(=O)Cc1ccccc1P(=O)(O)O. The zero-order valence-corrected chi connectivity index (χ0v) is 8.15. The molecule has 76 valence electrons. The maximum atomic E-state index is 11.0. The van der Waals surface area contributed by atoms with Gasteiger partial charge in [0.2, 0.25) is 5.91 Å². The Balaban J connectivity index is 3.16. The fourth-order valence-electron chi connectivity index (χ4n) is 1.13. The van der Waals surface area contributed by atoms with Crippen LogP contribution < -0.4 is 11.0 Å². The first kappa shape index (κ1) is 10.9. The average Bonchev–Trinajstić information content (AvgIpc) is 2.01. The molecule has 0 aliphatic heterocycles. The molecule has 1 amide bonds. The molecule has 1 rings (SSSR count). The summed E-state index contributed by atoms with van der Waals surface area (Å²) in [6.07, 6.45) is -0.165. The summed E-state index contributed by atoms with van der Waals surface area (Å²) in [6, 6.07) is 5.86. The monoisotopic (exact) mass is 215 g/mol. The fraction of sp³-hybridized carbons (Fsp3) is 0.125. The number of carbonyl (C=O) groups is 1. The van der Waals surface area contributed by atoms with E-state index >= 15 is 0 Å². The molecule has 0 aromatic heterocycles. The second-order valence-electron chi connectivity index (χ2n) is 2.82. The van der Waals surface area contributed by atoms with E-state index in [1.807, 2.05) is 0 Å². The van der Waals surface area contributed by atoms with Crippen molar-refractivity contribution < 1.29 is 19.1 Å². The molecule has 0 spiro atoms.